The van der Waals surface area contributed by atoms with Gasteiger partial charge in [-0.15, -0.1) is 11.3 Å². The van der Waals surface area contributed by atoms with E-state index >= 15 is 0 Å². The summed E-state index contributed by atoms with van der Waals surface area (Å²) < 4.78 is 32.2. The van der Waals surface area contributed by atoms with Crippen LogP contribution in [0.1, 0.15) is 20.8 Å². The number of thiophene rings is 1. The number of carbonyl (C=O) groups excluding carboxylic acids is 2. The molecule has 0 saturated carbocycles. The summed E-state index contributed by atoms with van der Waals surface area (Å²) in [4.78, 5) is 26.9. The van der Waals surface area contributed by atoms with E-state index in [-0.39, 0.29) is 21.2 Å². The molecule has 26 heavy (non-hydrogen) atoms. The van der Waals surface area contributed by atoms with E-state index in [4.69, 9.17) is 4.74 Å². The number of hydrogen-bond acceptors (Lipinski definition) is 6. The number of anilines is 1. The fraction of sp³-hybridized carbons (Fsp3) is 0.0588. The molecule has 0 fully saturated rings. The highest BCUT2D eigenvalue weighted by Gasteiger charge is 2.20. The van der Waals surface area contributed by atoms with Crippen LogP contribution in [0.5, 0.6) is 0 Å². The first kappa shape index (κ1) is 17.9. The van der Waals surface area contributed by atoms with E-state index in [0.717, 1.165) is 11.3 Å². The Morgan fingerprint density at radius 3 is 2.58 bits per heavy atom. The summed E-state index contributed by atoms with van der Waals surface area (Å²) in [5.41, 5.74) is 0.426. The number of sulfonamides is 1. The van der Waals surface area contributed by atoms with Gasteiger partial charge in [-0.25, -0.2) is 13.2 Å². The molecular formula is C17H14N2O5S2. The summed E-state index contributed by atoms with van der Waals surface area (Å²) in [6.07, 6.45) is 1.59. The maximum absolute atomic E-state index is 12.3. The molecule has 134 valence electrons. The van der Waals surface area contributed by atoms with Crippen molar-refractivity contribution in [2.75, 3.05) is 11.3 Å². The van der Waals surface area contributed by atoms with Crippen LogP contribution in [0, 0.1) is 0 Å². The molecule has 2 aromatic heterocycles. The van der Waals surface area contributed by atoms with Gasteiger partial charge >= 0.3 is 5.97 Å². The number of aromatic nitrogens is 1. The number of benzene rings is 1. The lowest BCUT2D eigenvalue weighted by Gasteiger charge is -2.11. The van der Waals surface area contributed by atoms with Crippen molar-refractivity contribution in [1.29, 1.82) is 0 Å². The van der Waals surface area contributed by atoms with Crippen molar-refractivity contribution in [3.05, 3.63) is 71.4 Å². The molecule has 0 unspecified atom stereocenters. The predicted molar refractivity (Wildman–Crippen MR) is 97.0 cm³/mol. The van der Waals surface area contributed by atoms with Gasteiger partial charge in [0.05, 0.1) is 16.9 Å². The lowest BCUT2D eigenvalue weighted by atomic mass is 10.2. The van der Waals surface area contributed by atoms with Crippen LogP contribution in [0.4, 0.5) is 5.69 Å². The smallest absolute Gasteiger partial charge is 0.340 e. The van der Waals surface area contributed by atoms with E-state index < -0.39 is 22.6 Å². The van der Waals surface area contributed by atoms with Crippen LogP contribution >= 0.6 is 11.3 Å². The summed E-state index contributed by atoms with van der Waals surface area (Å²) in [7, 11) is -3.80. The van der Waals surface area contributed by atoms with E-state index in [9.17, 15) is 18.0 Å². The number of aromatic amines is 1. The van der Waals surface area contributed by atoms with Crippen molar-refractivity contribution in [2.45, 2.75) is 4.21 Å². The number of H-pyrrole nitrogens is 1. The van der Waals surface area contributed by atoms with Crippen LogP contribution in [0.15, 0.2) is 64.3 Å². The topological polar surface area (TPSA) is 105 Å². The maximum atomic E-state index is 12.3. The van der Waals surface area contributed by atoms with Crippen molar-refractivity contribution in [3.63, 3.8) is 0 Å². The lowest BCUT2D eigenvalue weighted by Crippen LogP contribution is -2.18. The molecule has 3 rings (SSSR count). The van der Waals surface area contributed by atoms with Crippen molar-refractivity contribution < 1.29 is 22.7 Å². The zero-order valence-corrected chi connectivity index (χ0v) is 15.0. The van der Waals surface area contributed by atoms with Gasteiger partial charge in [0.15, 0.2) is 6.61 Å². The van der Waals surface area contributed by atoms with Crippen LogP contribution in [0.2, 0.25) is 0 Å². The highest BCUT2D eigenvalue weighted by Crippen LogP contribution is 2.23. The van der Waals surface area contributed by atoms with Crippen LogP contribution in [0.3, 0.4) is 0 Å². The largest absolute Gasteiger partial charge is 0.454 e. The standard InChI is InChI=1S/C17H14N2O5S2/c20-15(14-7-3-9-18-14)11-24-17(21)12-5-1-2-6-13(12)19-26(22,23)16-8-4-10-25-16/h1-10,18-19H,11H2. The molecule has 2 heterocycles. The Labute approximate surface area is 153 Å². The Morgan fingerprint density at radius 1 is 1.08 bits per heavy atom. The Hall–Kier alpha value is -2.91. The second-order valence-electron chi connectivity index (χ2n) is 5.17. The quantitative estimate of drug-likeness (QED) is 0.477. The van der Waals surface area contributed by atoms with Gasteiger partial charge in [0, 0.05) is 6.20 Å². The molecule has 0 aliphatic heterocycles. The molecule has 1 aromatic carbocycles. The second-order valence-corrected chi connectivity index (χ2v) is 8.02. The third kappa shape index (κ3) is 4.01. The zero-order valence-electron chi connectivity index (χ0n) is 13.3. The minimum Gasteiger partial charge on any atom is -0.454 e. The molecule has 0 amide bonds. The summed E-state index contributed by atoms with van der Waals surface area (Å²) >= 11 is 1.06. The zero-order chi connectivity index (χ0) is 18.6. The fourth-order valence-electron chi connectivity index (χ4n) is 2.15. The summed E-state index contributed by atoms with van der Waals surface area (Å²) in [6.45, 7) is -0.453. The van der Waals surface area contributed by atoms with Gasteiger partial charge in [-0.3, -0.25) is 9.52 Å². The number of ether oxygens (including phenoxy) is 1. The third-order valence-electron chi connectivity index (χ3n) is 3.38. The number of nitrogens with one attached hydrogen (secondary N) is 2. The Bertz CT molecular complexity index is 1010. The third-order valence-corrected chi connectivity index (χ3v) is 6.15. The molecule has 0 aliphatic carbocycles. The predicted octanol–water partition coefficient (Wildman–Crippen LogP) is 2.92. The number of ketones is 1. The number of esters is 1. The minimum absolute atomic E-state index is 0.0203. The van der Waals surface area contributed by atoms with Crippen LogP contribution in [0.25, 0.3) is 0 Å². The molecule has 0 spiro atoms. The monoisotopic (exact) mass is 390 g/mol. The van der Waals surface area contributed by atoms with Gasteiger partial charge in [-0.05, 0) is 35.7 Å². The molecular weight excluding hydrogens is 376 g/mol. The molecule has 0 atom stereocenters. The van der Waals surface area contributed by atoms with E-state index in [2.05, 4.69) is 9.71 Å². The summed E-state index contributed by atoms with van der Waals surface area (Å²) in [5.74, 6) is -1.19. The molecule has 3 aromatic rings. The van der Waals surface area contributed by atoms with E-state index in [0.29, 0.717) is 5.69 Å². The van der Waals surface area contributed by atoms with Crippen LogP contribution < -0.4 is 4.72 Å². The van der Waals surface area contributed by atoms with Crippen molar-refractivity contribution in [1.82, 2.24) is 4.98 Å². The average molecular weight is 390 g/mol. The summed E-state index contributed by atoms with van der Waals surface area (Å²) in [5, 5.41) is 1.64. The SMILES string of the molecule is O=C(COC(=O)c1ccccc1NS(=O)(=O)c1cccs1)c1ccc[nH]1. The number of carbonyl (C=O) groups is 2. The Morgan fingerprint density at radius 2 is 1.88 bits per heavy atom. The molecule has 2 N–H and O–H groups in total. The lowest BCUT2D eigenvalue weighted by molar-refractivity contribution is 0.0474. The van der Waals surface area contributed by atoms with Crippen molar-refractivity contribution >= 4 is 38.8 Å². The van der Waals surface area contributed by atoms with E-state index in [1.807, 2.05) is 0 Å². The first-order chi connectivity index (χ1) is 12.5. The van der Waals surface area contributed by atoms with Crippen LogP contribution in [-0.2, 0) is 14.8 Å². The van der Waals surface area contributed by atoms with E-state index in [1.54, 1.807) is 41.9 Å². The molecule has 0 saturated heterocycles. The number of hydrogen-bond donors (Lipinski definition) is 2. The van der Waals surface area contributed by atoms with E-state index in [1.165, 1.54) is 18.2 Å². The highest BCUT2D eigenvalue weighted by atomic mass is 32.2. The molecule has 0 radical (unpaired) electrons. The van der Waals surface area contributed by atoms with Crippen LogP contribution in [-0.4, -0.2) is 31.8 Å². The number of Topliss-reactive ketones (excluding diaryl/α,β-unsaturated/α-hetero) is 1. The second kappa shape index (κ2) is 7.54. The molecule has 7 nitrogen and oxygen atoms in total. The number of para-hydroxylation sites is 1. The van der Waals surface area contributed by atoms with Crippen molar-refractivity contribution in [2.24, 2.45) is 0 Å². The van der Waals surface area contributed by atoms with Gasteiger partial charge in [0.1, 0.15) is 4.21 Å². The molecule has 0 bridgehead atoms. The van der Waals surface area contributed by atoms with Gasteiger partial charge in [0.2, 0.25) is 5.78 Å². The highest BCUT2D eigenvalue weighted by molar-refractivity contribution is 7.94. The fourth-order valence-corrected chi connectivity index (χ4v) is 4.22. The maximum Gasteiger partial charge on any atom is 0.340 e. The van der Waals surface area contributed by atoms with Gasteiger partial charge in [-0.2, -0.15) is 0 Å². The first-order valence-electron chi connectivity index (χ1n) is 7.46. The average Bonchev–Trinajstić information content (AvgIpc) is 3.33. The first-order valence-corrected chi connectivity index (χ1v) is 9.83. The Kier molecular flexibility index (Phi) is 5.19. The van der Waals surface area contributed by atoms with Gasteiger partial charge < -0.3 is 9.72 Å². The normalized spacial score (nSPS) is 11.1. The minimum atomic E-state index is -3.80. The van der Waals surface area contributed by atoms with Gasteiger partial charge in [-0.1, -0.05) is 18.2 Å². The number of rotatable bonds is 7. The molecule has 0 aliphatic rings. The Balaban J connectivity index is 1.74. The van der Waals surface area contributed by atoms with Crippen molar-refractivity contribution in [3.8, 4) is 0 Å². The van der Waals surface area contributed by atoms with Gasteiger partial charge in [0.25, 0.3) is 10.0 Å². The molecule has 9 heteroatoms. The summed E-state index contributed by atoms with van der Waals surface area (Å²) in [6, 6.07) is 12.3.